The molecule has 0 spiro atoms. The maximum atomic E-state index is 5.57. The van der Waals surface area contributed by atoms with Gasteiger partial charge in [-0.25, -0.2) is 0 Å². The molecule has 1 fully saturated rings. The van der Waals surface area contributed by atoms with Crippen molar-refractivity contribution in [2.75, 3.05) is 0 Å². The minimum atomic E-state index is -1.71. The molecule has 1 heterocycles. The maximum absolute atomic E-state index is 5.57. The summed E-state index contributed by atoms with van der Waals surface area (Å²) >= 11 is -5.14. The van der Waals surface area contributed by atoms with Crippen LogP contribution in [0.4, 0.5) is 0 Å². The minimum absolute atomic E-state index is 1.71. The van der Waals surface area contributed by atoms with E-state index in [0.29, 0.717) is 0 Å². The molecule has 1 saturated heterocycles. The van der Waals surface area contributed by atoms with Gasteiger partial charge in [0.2, 0.25) is 0 Å². The second-order valence-electron chi connectivity index (χ2n) is 1.56. The zero-order valence-corrected chi connectivity index (χ0v) is 16.0. The van der Waals surface area contributed by atoms with Crippen LogP contribution in [0.5, 0.6) is 0 Å². The first-order valence-corrected chi connectivity index (χ1v) is 21.4. The first kappa shape index (κ1) is 9.62. The molecule has 54 valence electrons. The Kier molecular flexibility index (Phi) is 4.84. The van der Waals surface area contributed by atoms with E-state index in [9.17, 15) is 0 Å². The fraction of sp³-hybridized carbons (Fsp3) is 1.00. The molecule has 0 atom stereocenters. The molecule has 0 aliphatic carbocycles. The summed E-state index contributed by atoms with van der Waals surface area (Å²) in [6, 6.07) is 0. The Labute approximate surface area is 82.8 Å². The molecule has 1 aliphatic rings. The average molecular weight is 720 g/mol. The van der Waals surface area contributed by atoms with Crippen LogP contribution in [0.1, 0.15) is 0 Å². The molecule has 1 rings (SSSR count). The molecule has 1 aliphatic heterocycles. The van der Waals surface area contributed by atoms with Crippen LogP contribution >= 0.6 is 0 Å². The second kappa shape index (κ2) is 4.53. The Morgan fingerprint density at radius 3 is 1.11 bits per heavy atom. The van der Waals surface area contributed by atoms with Crippen LogP contribution in [0.15, 0.2) is 0 Å². The third-order valence-electron chi connectivity index (χ3n) is 0.690. The van der Waals surface area contributed by atoms with E-state index in [0.717, 1.165) is 0 Å². The van der Waals surface area contributed by atoms with Gasteiger partial charge in [0.1, 0.15) is 0 Å². The summed E-state index contributed by atoms with van der Waals surface area (Å²) < 4.78 is 23.2. The quantitative estimate of drug-likeness (QED) is 0.340. The van der Waals surface area contributed by atoms with Crippen LogP contribution < -0.4 is 0 Å². The van der Waals surface area contributed by atoms with E-state index in [-0.39, 0.29) is 0 Å². The van der Waals surface area contributed by atoms with E-state index in [1.54, 1.807) is 0 Å². The van der Waals surface area contributed by atoms with Crippen LogP contribution in [0.3, 0.4) is 0 Å². The molecule has 0 saturated carbocycles. The standard InChI is InChI=1S/3CH3.3Bi.3O/h3*1H3;;;;;;. The molecule has 9 heavy (non-hydrogen) atoms. The molecule has 0 aromatic heterocycles. The van der Waals surface area contributed by atoms with Crippen molar-refractivity contribution in [2.45, 2.75) is 13.9 Å². The summed E-state index contributed by atoms with van der Waals surface area (Å²) in [6.07, 6.45) is 0. The van der Waals surface area contributed by atoms with E-state index in [1.807, 2.05) is 0 Å². The fourth-order valence-electron chi connectivity index (χ4n) is 0.530. The number of hydrogen-bond acceptors (Lipinski definition) is 3. The fourth-order valence-corrected chi connectivity index (χ4v) is 67.6. The van der Waals surface area contributed by atoms with Gasteiger partial charge in [-0.3, -0.25) is 0 Å². The molecule has 0 bridgehead atoms. The molecule has 0 radical (unpaired) electrons. The van der Waals surface area contributed by atoms with Crippen LogP contribution in [0.25, 0.3) is 0 Å². The summed E-state index contributed by atoms with van der Waals surface area (Å²) in [5.41, 5.74) is 0. The molecular formula is C3H9Bi3O3. The van der Waals surface area contributed by atoms with Crippen molar-refractivity contribution < 1.29 is 2.67 Å². The van der Waals surface area contributed by atoms with Crippen LogP contribution in [-0.2, 0) is 2.67 Å². The van der Waals surface area contributed by atoms with Crippen molar-refractivity contribution in [3.63, 3.8) is 0 Å². The van der Waals surface area contributed by atoms with Crippen molar-refractivity contribution >= 4 is 67.9 Å². The van der Waals surface area contributed by atoms with Crippen molar-refractivity contribution in [1.29, 1.82) is 0 Å². The Morgan fingerprint density at radius 2 is 0.889 bits per heavy atom. The zero-order valence-electron chi connectivity index (χ0n) is 5.57. The normalized spacial score (nSPS) is 27.0. The van der Waals surface area contributed by atoms with Gasteiger partial charge < -0.3 is 0 Å². The first-order valence-electron chi connectivity index (χ1n) is 2.44. The van der Waals surface area contributed by atoms with E-state index < -0.39 is 67.9 Å². The predicted molar refractivity (Wildman–Crippen MR) is 38.1 cm³/mol. The molecular weight excluding hydrogens is 711 g/mol. The Bertz CT molecular complexity index is 75.3. The molecule has 0 unspecified atom stereocenters. The summed E-state index contributed by atoms with van der Waals surface area (Å²) in [6.45, 7) is 0. The molecule has 3 nitrogen and oxygen atoms in total. The van der Waals surface area contributed by atoms with E-state index >= 15 is 0 Å². The first-order chi connectivity index (χ1) is 4.18. The van der Waals surface area contributed by atoms with Crippen molar-refractivity contribution in [3.05, 3.63) is 0 Å². The van der Waals surface area contributed by atoms with Crippen LogP contribution in [0.2, 0.25) is 13.9 Å². The molecule has 0 aromatic rings. The monoisotopic (exact) mass is 720 g/mol. The summed E-state index contributed by atoms with van der Waals surface area (Å²) in [4.78, 5) is 0. The van der Waals surface area contributed by atoms with Crippen LogP contribution in [0, 0.1) is 0 Å². The van der Waals surface area contributed by atoms with Gasteiger partial charge in [0.05, 0.1) is 0 Å². The van der Waals surface area contributed by atoms with Gasteiger partial charge in [-0.2, -0.15) is 0 Å². The van der Waals surface area contributed by atoms with E-state index in [2.05, 4.69) is 13.9 Å². The zero-order chi connectivity index (χ0) is 6.85. The van der Waals surface area contributed by atoms with Gasteiger partial charge in [0.15, 0.2) is 0 Å². The van der Waals surface area contributed by atoms with Gasteiger partial charge in [-0.05, 0) is 0 Å². The van der Waals surface area contributed by atoms with Gasteiger partial charge in [0.25, 0.3) is 0 Å². The summed E-state index contributed by atoms with van der Waals surface area (Å²) in [5, 5.41) is 0. The van der Waals surface area contributed by atoms with Crippen LogP contribution in [-0.4, -0.2) is 67.9 Å². The third kappa shape index (κ3) is 3.63. The number of hydrogen-bond donors (Lipinski definition) is 0. The second-order valence-corrected chi connectivity index (χ2v) is 30.4. The Balaban J connectivity index is 2.34. The predicted octanol–water partition coefficient (Wildman–Crippen LogP) is 0.404. The van der Waals surface area contributed by atoms with Gasteiger partial charge >= 0.3 is 84.5 Å². The molecule has 0 N–H and O–H groups in total. The number of rotatable bonds is 0. The van der Waals surface area contributed by atoms with Crippen molar-refractivity contribution in [2.24, 2.45) is 0 Å². The molecule has 0 aromatic carbocycles. The van der Waals surface area contributed by atoms with E-state index in [4.69, 9.17) is 2.67 Å². The third-order valence-corrected chi connectivity index (χ3v) is 53.1. The van der Waals surface area contributed by atoms with Crippen molar-refractivity contribution in [1.82, 2.24) is 0 Å². The molecule has 0 amide bonds. The van der Waals surface area contributed by atoms with E-state index in [1.165, 1.54) is 0 Å². The van der Waals surface area contributed by atoms with Gasteiger partial charge in [-0.15, -0.1) is 0 Å². The molecule has 6 heteroatoms. The Hall–Kier alpha value is 2.53. The van der Waals surface area contributed by atoms with Gasteiger partial charge in [-0.1, -0.05) is 0 Å². The Morgan fingerprint density at radius 1 is 0.667 bits per heavy atom. The topological polar surface area (TPSA) is 27.7 Å². The summed E-state index contributed by atoms with van der Waals surface area (Å²) in [7, 11) is 0. The SMILES string of the molecule is [CH3][Bi]1[O][Bi]([CH3])[O][Bi]([CH3])[O]1. The van der Waals surface area contributed by atoms with Gasteiger partial charge in [0, 0.05) is 0 Å². The average Bonchev–Trinajstić information content (AvgIpc) is 1.59. The van der Waals surface area contributed by atoms with Crippen molar-refractivity contribution in [3.8, 4) is 0 Å². The summed E-state index contributed by atoms with van der Waals surface area (Å²) in [5.74, 6) is 0.